The molecule has 0 aromatic heterocycles. The Morgan fingerprint density at radius 3 is 2.22 bits per heavy atom. The van der Waals surface area contributed by atoms with Crippen LogP contribution in [0.2, 0.25) is 0 Å². The van der Waals surface area contributed by atoms with E-state index in [9.17, 15) is 22.8 Å². The summed E-state index contributed by atoms with van der Waals surface area (Å²) >= 11 is 0. The molecule has 0 saturated heterocycles. The van der Waals surface area contributed by atoms with E-state index in [2.05, 4.69) is 16.2 Å². The zero-order valence-corrected chi connectivity index (χ0v) is 11.6. The van der Waals surface area contributed by atoms with Gasteiger partial charge in [0.05, 0.1) is 5.56 Å². The summed E-state index contributed by atoms with van der Waals surface area (Å²) < 4.78 is 37.7. The lowest BCUT2D eigenvalue weighted by Crippen LogP contribution is -2.43. The molecule has 0 saturated carbocycles. The van der Waals surface area contributed by atoms with Gasteiger partial charge in [-0.15, -0.1) is 0 Å². The number of nitrogens with one attached hydrogen (secondary N) is 3. The van der Waals surface area contributed by atoms with Gasteiger partial charge in [-0.2, -0.15) is 13.2 Å². The second kappa shape index (κ2) is 6.82. The quantitative estimate of drug-likeness (QED) is 0.743. The molecule has 2 aromatic carbocycles. The summed E-state index contributed by atoms with van der Waals surface area (Å²) in [6.07, 6.45) is -4.50. The van der Waals surface area contributed by atoms with Crippen molar-refractivity contribution < 1.29 is 22.8 Å². The van der Waals surface area contributed by atoms with E-state index in [0.717, 1.165) is 12.1 Å². The van der Waals surface area contributed by atoms with E-state index in [1.54, 1.807) is 30.3 Å². The molecule has 2 rings (SSSR count). The molecule has 8 heteroatoms. The third kappa shape index (κ3) is 4.73. The minimum atomic E-state index is -4.50. The second-order valence-electron chi connectivity index (χ2n) is 4.48. The van der Waals surface area contributed by atoms with Crippen LogP contribution in [-0.4, -0.2) is 11.9 Å². The van der Waals surface area contributed by atoms with Crippen LogP contribution in [0, 0.1) is 0 Å². The molecule has 5 nitrogen and oxygen atoms in total. The zero-order chi connectivity index (χ0) is 16.9. The maximum Gasteiger partial charge on any atom is 0.416 e. The van der Waals surface area contributed by atoms with Crippen molar-refractivity contribution in [3.05, 3.63) is 65.7 Å². The highest BCUT2D eigenvalue weighted by molar-refractivity contribution is 5.97. The topological polar surface area (TPSA) is 70.2 Å². The molecule has 0 bridgehead atoms. The summed E-state index contributed by atoms with van der Waals surface area (Å²) in [5, 5.41) is 2.20. The molecule has 0 aliphatic heterocycles. The molecule has 2 aromatic rings. The SMILES string of the molecule is O=C(NNC(=O)c1ccccc1)Nc1cccc(C(F)(F)F)c1. The third-order valence-electron chi connectivity index (χ3n) is 2.77. The van der Waals surface area contributed by atoms with Gasteiger partial charge in [0.15, 0.2) is 0 Å². The van der Waals surface area contributed by atoms with E-state index < -0.39 is 23.7 Å². The first-order chi connectivity index (χ1) is 10.9. The standard InChI is InChI=1S/C15H12F3N3O2/c16-15(17,18)11-7-4-8-12(9-11)19-14(23)21-20-13(22)10-5-2-1-3-6-10/h1-9H,(H,20,22)(H2,19,21,23). The molecule has 3 amide bonds. The van der Waals surface area contributed by atoms with E-state index >= 15 is 0 Å². The molecule has 23 heavy (non-hydrogen) atoms. The Morgan fingerprint density at radius 1 is 0.870 bits per heavy atom. The predicted octanol–water partition coefficient (Wildman–Crippen LogP) is 3.17. The monoisotopic (exact) mass is 323 g/mol. The maximum atomic E-state index is 12.6. The number of hydrazine groups is 1. The average Bonchev–Trinajstić information content (AvgIpc) is 2.53. The fourth-order valence-corrected chi connectivity index (χ4v) is 1.71. The van der Waals surface area contributed by atoms with Crippen LogP contribution in [0.25, 0.3) is 0 Å². The Labute approximate surface area is 129 Å². The number of benzene rings is 2. The van der Waals surface area contributed by atoms with Crippen molar-refractivity contribution in [2.24, 2.45) is 0 Å². The molecule has 0 radical (unpaired) electrons. The maximum absolute atomic E-state index is 12.6. The summed E-state index contributed by atoms with van der Waals surface area (Å²) in [7, 11) is 0. The van der Waals surface area contributed by atoms with Gasteiger partial charge in [-0.05, 0) is 30.3 Å². The number of anilines is 1. The lowest BCUT2D eigenvalue weighted by Gasteiger charge is -2.11. The van der Waals surface area contributed by atoms with Gasteiger partial charge in [0.25, 0.3) is 5.91 Å². The Kier molecular flexibility index (Phi) is 4.85. The largest absolute Gasteiger partial charge is 0.416 e. The number of hydrogen-bond donors (Lipinski definition) is 3. The Hall–Kier alpha value is -3.03. The van der Waals surface area contributed by atoms with Crippen LogP contribution in [0.3, 0.4) is 0 Å². The molecule has 0 atom stereocenters. The molecular formula is C15H12F3N3O2. The van der Waals surface area contributed by atoms with Gasteiger partial charge < -0.3 is 5.32 Å². The summed E-state index contributed by atoms with van der Waals surface area (Å²) in [5.41, 5.74) is 3.59. The molecule has 0 aliphatic carbocycles. The summed E-state index contributed by atoms with van der Waals surface area (Å²) in [5.74, 6) is -0.551. The third-order valence-corrected chi connectivity index (χ3v) is 2.77. The normalized spacial score (nSPS) is 10.7. The Bertz CT molecular complexity index is 703. The number of alkyl halides is 3. The second-order valence-corrected chi connectivity index (χ2v) is 4.48. The van der Waals surface area contributed by atoms with Crippen LogP contribution in [0.5, 0.6) is 0 Å². The van der Waals surface area contributed by atoms with Crippen molar-refractivity contribution in [3.63, 3.8) is 0 Å². The first kappa shape index (κ1) is 16.3. The van der Waals surface area contributed by atoms with Gasteiger partial charge in [-0.25, -0.2) is 10.2 Å². The molecule has 0 unspecified atom stereocenters. The zero-order valence-electron chi connectivity index (χ0n) is 11.6. The molecule has 0 aliphatic rings. The van der Waals surface area contributed by atoms with Gasteiger partial charge in [0, 0.05) is 11.3 Å². The van der Waals surface area contributed by atoms with Gasteiger partial charge in [-0.3, -0.25) is 10.2 Å². The van der Waals surface area contributed by atoms with Crippen molar-refractivity contribution in [1.29, 1.82) is 0 Å². The van der Waals surface area contributed by atoms with Crippen molar-refractivity contribution >= 4 is 17.6 Å². The highest BCUT2D eigenvalue weighted by atomic mass is 19.4. The van der Waals surface area contributed by atoms with E-state index in [1.807, 2.05) is 0 Å². The van der Waals surface area contributed by atoms with Crippen molar-refractivity contribution in [3.8, 4) is 0 Å². The van der Waals surface area contributed by atoms with Gasteiger partial charge in [0.2, 0.25) is 0 Å². The minimum absolute atomic E-state index is 0.0497. The minimum Gasteiger partial charge on any atom is -0.307 e. The van der Waals surface area contributed by atoms with E-state index in [-0.39, 0.29) is 5.69 Å². The number of carbonyl (C=O) groups is 2. The van der Waals surface area contributed by atoms with Crippen LogP contribution in [0.15, 0.2) is 54.6 Å². The van der Waals surface area contributed by atoms with Crippen LogP contribution >= 0.6 is 0 Å². The van der Waals surface area contributed by atoms with E-state index in [4.69, 9.17) is 0 Å². The number of hydrogen-bond acceptors (Lipinski definition) is 2. The number of halogens is 3. The first-order valence-corrected chi connectivity index (χ1v) is 6.46. The lowest BCUT2D eigenvalue weighted by atomic mass is 10.2. The summed E-state index contributed by atoms with van der Waals surface area (Å²) in [6.45, 7) is 0. The predicted molar refractivity (Wildman–Crippen MR) is 77.5 cm³/mol. The fraction of sp³-hybridized carbons (Fsp3) is 0.0667. The van der Waals surface area contributed by atoms with Crippen molar-refractivity contribution in [1.82, 2.24) is 10.9 Å². The van der Waals surface area contributed by atoms with Crippen LogP contribution in [0.4, 0.5) is 23.7 Å². The Balaban J connectivity index is 1.92. The van der Waals surface area contributed by atoms with Crippen molar-refractivity contribution in [2.75, 3.05) is 5.32 Å². The molecule has 0 heterocycles. The highest BCUT2D eigenvalue weighted by Gasteiger charge is 2.30. The average molecular weight is 323 g/mol. The van der Waals surface area contributed by atoms with Gasteiger partial charge in [-0.1, -0.05) is 24.3 Å². The lowest BCUT2D eigenvalue weighted by molar-refractivity contribution is -0.137. The number of rotatable bonds is 2. The van der Waals surface area contributed by atoms with E-state index in [0.29, 0.717) is 5.56 Å². The van der Waals surface area contributed by atoms with Crippen LogP contribution < -0.4 is 16.2 Å². The Morgan fingerprint density at radius 2 is 1.57 bits per heavy atom. The number of carbonyl (C=O) groups excluding carboxylic acids is 2. The van der Waals surface area contributed by atoms with Crippen LogP contribution in [-0.2, 0) is 6.18 Å². The summed E-state index contributed by atoms with van der Waals surface area (Å²) in [6, 6.07) is 11.4. The fourth-order valence-electron chi connectivity index (χ4n) is 1.71. The first-order valence-electron chi connectivity index (χ1n) is 6.46. The smallest absolute Gasteiger partial charge is 0.307 e. The van der Waals surface area contributed by atoms with Gasteiger partial charge >= 0.3 is 12.2 Å². The van der Waals surface area contributed by atoms with Crippen molar-refractivity contribution in [2.45, 2.75) is 6.18 Å². The molecule has 120 valence electrons. The molecule has 0 fully saturated rings. The molecular weight excluding hydrogens is 311 g/mol. The van der Waals surface area contributed by atoms with Crippen LogP contribution in [0.1, 0.15) is 15.9 Å². The molecule has 0 spiro atoms. The summed E-state index contributed by atoms with van der Waals surface area (Å²) in [4.78, 5) is 23.3. The number of amides is 3. The molecule has 3 N–H and O–H groups in total. The van der Waals surface area contributed by atoms with Gasteiger partial charge in [0.1, 0.15) is 0 Å². The number of urea groups is 1. The van der Waals surface area contributed by atoms with E-state index in [1.165, 1.54) is 12.1 Å². The highest BCUT2D eigenvalue weighted by Crippen LogP contribution is 2.30.